The summed E-state index contributed by atoms with van der Waals surface area (Å²) in [7, 11) is 0. The first-order valence-electron chi connectivity index (χ1n) is 13.2. The van der Waals surface area contributed by atoms with Gasteiger partial charge in [-0.2, -0.15) is 0 Å². The Morgan fingerprint density at radius 2 is 1.78 bits per heavy atom. The molecule has 5 aromatic rings. The number of anilines is 1. The predicted octanol–water partition coefficient (Wildman–Crippen LogP) is 7.03. The van der Waals surface area contributed by atoms with E-state index in [0.29, 0.717) is 17.0 Å². The van der Waals surface area contributed by atoms with E-state index in [4.69, 9.17) is 17.0 Å². The summed E-state index contributed by atoms with van der Waals surface area (Å²) in [6, 6.07) is 25.0. The van der Waals surface area contributed by atoms with Gasteiger partial charge in [0.05, 0.1) is 12.0 Å². The molecule has 204 valence electrons. The van der Waals surface area contributed by atoms with Crippen molar-refractivity contribution in [2.24, 2.45) is 0 Å². The molecule has 0 aliphatic heterocycles. The second-order valence-electron chi connectivity index (χ2n) is 10.2. The molecule has 0 bridgehead atoms. The van der Waals surface area contributed by atoms with Gasteiger partial charge in [-0.05, 0) is 73.9 Å². The molecule has 2 aromatic heterocycles. The molecular formula is C33H30N6O2. The van der Waals surface area contributed by atoms with E-state index in [1.807, 2.05) is 110 Å². The van der Waals surface area contributed by atoms with Gasteiger partial charge >= 0.3 is 0 Å². The number of hydrogen-bond donors (Lipinski definition) is 2. The molecule has 3 aromatic carbocycles. The largest absolute Gasteiger partial charge is 0.457 e. The van der Waals surface area contributed by atoms with Crippen LogP contribution < -0.4 is 15.8 Å². The molecule has 0 aliphatic carbocycles. The molecule has 8 nitrogen and oxygen atoms in total. The Labute approximate surface area is 239 Å². The smallest absolute Gasteiger partial charge is 0.250 e. The Morgan fingerprint density at radius 3 is 2.49 bits per heavy atom. The van der Waals surface area contributed by atoms with Crippen LogP contribution in [0.25, 0.3) is 38.8 Å². The third kappa shape index (κ3) is 5.94. The highest BCUT2D eigenvalue weighted by Gasteiger charge is 2.21. The highest BCUT2D eigenvalue weighted by atomic mass is 16.5. The number of ether oxygens (including phenoxy) is 1. The van der Waals surface area contributed by atoms with E-state index in [0.717, 1.165) is 40.1 Å². The van der Waals surface area contributed by atoms with E-state index in [1.54, 1.807) is 6.08 Å². The van der Waals surface area contributed by atoms with Gasteiger partial charge < -0.3 is 20.4 Å². The minimum absolute atomic E-state index is 0.0195. The predicted molar refractivity (Wildman–Crippen MR) is 162 cm³/mol. The molecule has 0 fully saturated rings. The average Bonchev–Trinajstić information content (AvgIpc) is 3.38. The van der Waals surface area contributed by atoms with Gasteiger partial charge in [0.15, 0.2) is 5.65 Å². The number of carbonyl (C=O) groups excluding carboxylic acids is 1. The van der Waals surface area contributed by atoms with Crippen molar-refractivity contribution >= 4 is 28.8 Å². The highest BCUT2D eigenvalue weighted by Crippen LogP contribution is 2.35. The molecule has 8 heteroatoms. The zero-order chi connectivity index (χ0) is 29.0. The van der Waals surface area contributed by atoms with Crippen molar-refractivity contribution in [2.75, 3.05) is 5.73 Å². The second kappa shape index (κ2) is 11.4. The number of fused-ring (bicyclic) bond motifs is 1. The lowest BCUT2D eigenvalue weighted by molar-refractivity contribution is -0.118. The van der Waals surface area contributed by atoms with Crippen molar-refractivity contribution < 1.29 is 9.53 Å². The van der Waals surface area contributed by atoms with Gasteiger partial charge in [0.25, 0.3) is 11.6 Å². The minimum Gasteiger partial charge on any atom is -0.457 e. The van der Waals surface area contributed by atoms with Crippen LogP contribution in [0.4, 0.5) is 5.82 Å². The summed E-state index contributed by atoms with van der Waals surface area (Å²) in [6.45, 7) is 13.4. The summed E-state index contributed by atoms with van der Waals surface area (Å²) >= 11 is 0. The van der Waals surface area contributed by atoms with Crippen LogP contribution in [0, 0.1) is 6.57 Å². The van der Waals surface area contributed by atoms with Crippen LogP contribution in [-0.4, -0.2) is 26.0 Å². The van der Waals surface area contributed by atoms with Crippen molar-refractivity contribution in [3.8, 4) is 28.3 Å². The number of aromatic nitrogens is 3. The fourth-order valence-electron chi connectivity index (χ4n) is 4.36. The maximum atomic E-state index is 12.8. The van der Waals surface area contributed by atoms with Gasteiger partial charge in [0.2, 0.25) is 0 Å². The van der Waals surface area contributed by atoms with E-state index in [1.165, 1.54) is 6.33 Å². The number of para-hydroxylation sites is 1. The molecule has 0 saturated carbocycles. The van der Waals surface area contributed by atoms with E-state index in [2.05, 4.69) is 20.1 Å². The van der Waals surface area contributed by atoms with Gasteiger partial charge in [-0.3, -0.25) is 4.79 Å². The van der Waals surface area contributed by atoms with Crippen molar-refractivity contribution in [3.05, 3.63) is 114 Å². The van der Waals surface area contributed by atoms with Crippen LogP contribution in [-0.2, 0) is 4.79 Å². The van der Waals surface area contributed by atoms with E-state index < -0.39 is 11.4 Å². The molecule has 0 unspecified atom stereocenters. The van der Waals surface area contributed by atoms with Crippen molar-refractivity contribution in [1.82, 2.24) is 19.9 Å². The lowest BCUT2D eigenvalue weighted by atomic mass is 10.0. The lowest BCUT2D eigenvalue weighted by Gasteiger charge is -2.24. The van der Waals surface area contributed by atoms with Crippen LogP contribution in [0.2, 0.25) is 0 Å². The normalized spacial score (nSPS) is 11.7. The first-order chi connectivity index (χ1) is 19.8. The van der Waals surface area contributed by atoms with Gasteiger partial charge in [-0.1, -0.05) is 49.4 Å². The van der Waals surface area contributed by atoms with Crippen LogP contribution in [0.5, 0.6) is 11.5 Å². The number of rotatable bonds is 8. The van der Waals surface area contributed by atoms with Gasteiger partial charge in [0.1, 0.15) is 23.6 Å². The zero-order valence-corrected chi connectivity index (χ0v) is 23.1. The summed E-state index contributed by atoms with van der Waals surface area (Å²) in [5.74, 6) is 1.45. The molecule has 5 rings (SSSR count). The fraction of sp³-hybridized carbons (Fsp3) is 0.152. The van der Waals surface area contributed by atoms with Gasteiger partial charge in [-0.15, -0.1) is 0 Å². The maximum Gasteiger partial charge on any atom is 0.250 e. The Morgan fingerprint density at radius 1 is 1.05 bits per heavy atom. The lowest BCUT2D eigenvalue weighted by Crippen LogP contribution is -2.43. The van der Waals surface area contributed by atoms with Crippen LogP contribution in [0.1, 0.15) is 32.8 Å². The molecular weight excluding hydrogens is 512 g/mol. The molecule has 0 saturated heterocycles. The number of hydrogen-bond acceptors (Lipinski definition) is 5. The third-order valence-corrected chi connectivity index (χ3v) is 6.90. The molecule has 1 amide bonds. The molecule has 2 heterocycles. The summed E-state index contributed by atoms with van der Waals surface area (Å²) in [4.78, 5) is 25.0. The molecule has 0 aliphatic rings. The third-order valence-electron chi connectivity index (χ3n) is 6.90. The summed E-state index contributed by atoms with van der Waals surface area (Å²) in [6.07, 6.45) is 5.75. The fourth-order valence-corrected chi connectivity index (χ4v) is 4.36. The Bertz CT molecular complexity index is 1780. The minimum atomic E-state index is -0.408. The average molecular weight is 543 g/mol. The highest BCUT2D eigenvalue weighted by molar-refractivity contribution is 6.02. The number of nitrogen functional groups attached to an aromatic ring is 1. The quantitative estimate of drug-likeness (QED) is 0.162. The monoisotopic (exact) mass is 542 g/mol. The number of carbonyl (C=O) groups is 1. The van der Waals surface area contributed by atoms with Crippen LogP contribution >= 0.6 is 0 Å². The van der Waals surface area contributed by atoms with E-state index in [-0.39, 0.29) is 5.70 Å². The number of nitrogens with one attached hydrogen (secondary N) is 1. The first-order valence-corrected chi connectivity index (χ1v) is 13.2. The summed E-state index contributed by atoms with van der Waals surface area (Å²) < 4.78 is 7.89. The molecule has 0 spiro atoms. The Balaban J connectivity index is 1.51. The molecule has 41 heavy (non-hydrogen) atoms. The zero-order valence-electron chi connectivity index (χ0n) is 23.1. The number of nitrogens with zero attached hydrogens (tertiary/aromatic N) is 4. The molecule has 0 radical (unpaired) electrons. The Hall–Kier alpha value is -5.42. The van der Waals surface area contributed by atoms with Gasteiger partial charge in [0, 0.05) is 23.0 Å². The van der Waals surface area contributed by atoms with Crippen LogP contribution in [0.15, 0.2) is 97.1 Å². The van der Waals surface area contributed by atoms with Crippen molar-refractivity contribution in [3.63, 3.8) is 0 Å². The summed E-state index contributed by atoms with van der Waals surface area (Å²) in [5, 5.41) is 3.66. The van der Waals surface area contributed by atoms with E-state index in [9.17, 15) is 4.79 Å². The topological polar surface area (TPSA) is 99.4 Å². The van der Waals surface area contributed by atoms with Gasteiger partial charge in [-0.25, -0.2) is 14.8 Å². The SMILES string of the molecule is [C-]#[N+]/C(=C\c1cccc(-n2cc(-c3ccc(Oc4ccccc4)cc3)c3c(N)ncnc32)c1)C(=O)NC(C)(C)CC. The van der Waals surface area contributed by atoms with Crippen molar-refractivity contribution in [2.45, 2.75) is 32.7 Å². The maximum absolute atomic E-state index is 12.8. The first kappa shape index (κ1) is 27.2. The number of amides is 1. The molecule has 3 N–H and O–H groups in total. The number of nitrogens with two attached hydrogens (primary N) is 1. The van der Waals surface area contributed by atoms with Crippen molar-refractivity contribution in [1.29, 1.82) is 0 Å². The Kier molecular flexibility index (Phi) is 7.53. The standard InChI is InChI=1S/C33H30N6O2/c1-5-33(2,3)38-32(40)28(35-4)19-22-10-9-11-24(18-22)39-20-27(29-30(34)36-21-37-31(29)39)23-14-16-26(17-15-23)41-25-12-7-6-8-13-25/h6-21H,5H2,1-3H3,(H,38,40)(H2,34,36,37)/b28-19-. The van der Waals surface area contributed by atoms with E-state index >= 15 is 0 Å². The second-order valence-corrected chi connectivity index (χ2v) is 10.2. The molecule has 0 atom stereocenters. The van der Waals surface area contributed by atoms with Crippen LogP contribution in [0.3, 0.4) is 0 Å². The number of benzene rings is 3. The summed E-state index contributed by atoms with van der Waals surface area (Å²) in [5.41, 5.74) is 9.92.